The number of carbonyl (C=O) groups excluding carboxylic acids is 3. The number of fused-ring (bicyclic) bond motifs is 1. The van der Waals surface area contributed by atoms with Crippen molar-refractivity contribution in [1.82, 2.24) is 9.80 Å². The highest BCUT2D eigenvalue weighted by atomic mass is 32.2. The van der Waals surface area contributed by atoms with Crippen molar-refractivity contribution in [3.63, 3.8) is 0 Å². The summed E-state index contributed by atoms with van der Waals surface area (Å²) < 4.78 is 11.1. The first kappa shape index (κ1) is 22.3. The number of carbonyl (C=O) groups is 3. The summed E-state index contributed by atoms with van der Waals surface area (Å²) in [6.45, 7) is 6.65. The predicted molar refractivity (Wildman–Crippen MR) is 116 cm³/mol. The van der Waals surface area contributed by atoms with Crippen LogP contribution >= 0.6 is 11.8 Å². The van der Waals surface area contributed by atoms with Gasteiger partial charge in [-0.05, 0) is 39.3 Å². The van der Waals surface area contributed by atoms with Gasteiger partial charge in [-0.15, -0.1) is 11.8 Å². The largest absolute Gasteiger partial charge is 0.490 e. The van der Waals surface area contributed by atoms with Crippen molar-refractivity contribution in [2.24, 2.45) is 0 Å². The highest BCUT2D eigenvalue weighted by Crippen LogP contribution is 2.47. The molecule has 0 spiro atoms. The number of thioether (sulfide) groups is 1. The minimum Gasteiger partial charge on any atom is -0.490 e. The Morgan fingerprint density at radius 2 is 1.97 bits per heavy atom. The second-order valence-electron chi connectivity index (χ2n) is 7.54. The summed E-state index contributed by atoms with van der Waals surface area (Å²) >= 11 is 1.64. The molecule has 0 unspecified atom stereocenters. The van der Waals surface area contributed by atoms with E-state index in [4.69, 9.17) is 9.47 Å². The van der Waals surface area contributed by atoms with E-state index in [0.29, 0.717) is 42.6 Å². The number of benzene rings is 1. The van der Waals surface area contributed by atoms with Crippen LogP contribution in [-0.4, -0.2) is 71.0 Å². The van der Waals surface area contributed by atoms with Crippen molar-refractivity contribution < 1.29 is 23.9 Å². The van der Waals surface area contributed by atoms with E-state index < -0.39 is 6.04 Å². The Bertz CT molecular complexity index is 833. The number of likely N-dealkylation sites (N-methyl/N-ethyl adjacent to an activating group) is 1. The molecule has 2 saturated heterocycles. The third kappa shape index (κ3) is 4.50. The molecule has 30 heavy (non-hydrogen) atoms. The van der Waals surface area contributed by atoms with Gasteiger partial charge in [-0.1, -0.05) is 0 Å². The lowest BCUT2D eigenvalue weighted by Crippen LogP contribution is -2.51. The number of amides is 3. The summed E-state index contributed by atoms with van der Waals surface area (Å²) in [5, 5.41) is 2.79. The second kappa shape index (κ2) is 9.16. The minimum atomic E-state index is -0.511. The molecule has 2 heterocycles. The van der Waals surface area contributed by atoms with Gasteiger partial charge in [0.1, 0.15) is 6.04 Å². The molecular weight excluding hydrogens is 406 g/mol. The SMILES string of the molecule is CCOc1ccc(NC(=O)CN(C)C(=O)[C@H]2CS[C@@]3(C)CCC(=O)N23)cc1OCC. The van der Waals surface area contributed by atoms with Crippen LogP contribution in [0, 0.1) is 0 Å². The van der Waals surface area contributed by atoms with Gasteiger partial charge in [-0.3, -0.25) is 14.4 Å². The van der Waals surface area contributed by atoms with E-state index in [1.165, 1.54) is 4.90 Å². The lowest BCUT2D eigenvalue weighted by molar-refractivity contribution is -0.143. The van der Waals surface area contributed by atoms with Gasteiger partial charge in [0.25, 0.3) is 0 Å². The van der Waals surface area contributed by atoms with Crippen LogP contribution in [0.2, 0.25) is 0 Å². The standard InChI is InChI=1S/C21H29N3O5S/c1-5-28-16-8-7-14(11-17(16)29-6-2)22-18(25)12-23(4)20(27)15-13-30-21(3)10-9-19(26)24(15)21/h7-8,11,15H,5-6,9-10,12-13H2,1-4H3,(H,22,25)/t15-,21+/m1/s1. The summed E-state index contributed by atoms with van der Waals surface area (Å²) in [5.74, 6) is 1.20. The fourth-order valence-electron chi connectivity index (χ4n) is 3.88. The lowest BCUT2D eigenvalue weighted by Gasteiger charge is -2.31. The molecule has 2 fully saturated rings. The van der Waals surface area contributed by atoms with E-state index in [1.807, 2.05) is 20.8 Å². The Balaban J connectivity index is 1.61. The zero-order chi connectivity index (χ0) is 21.9. The fraction of sp³-hybridized carbons (Fsp3) is 0.571. The average Bonchev–Trinajstić information content (AvgIpc) is 3.19. The topological polar surface area (TPSA) is 88.2 Å². The molecule has 0 radical (unpaired) electrons. The molecule has 8 nitrogen and oxygen atoms in total. The van der Waals surface area contributed by atoms with E-state index in [2.05, 4.69) is 5.32 Å². The number of nitrogens with one attached hydrogen (secondary N) is 1. The highest BCUT2D eigenvalue weighted by Gasteiger charge is 2.53. The third-order valence-electron chi connectivity index (χ3n) is 5.31. The third-order valence-corrected chi connectivity index (χ3v) is 6.82. The molecule has 0 bridgehead atoms. The molecule has 3 amide bonds. The molecule has 1 N–H and O–H groups in total. The quantitative estimate of drug-likeness (QED) is 0.674. The van der Waals surface area contributed by atoms with Crippen molar-refractivity contribution in [1.29, 1.82) is 0 Å². The van der Waals surface area contributed by atoms with E-state index in [0.717, 1.165) is 6.42 Å². The van der Waals surface area contributed by atoms with Gasteiger partial charge in [0.2, 0.25) is 17.7 Å². The summed E-state index contributed by atoms with van der Waals surface area (Å²) in [6.07, 6.45) is 1.22. The Morgan fingerprint density at radius 1 is 1.27 bits per heavy atom. The van der Waals surface area contributed by atoms with Gasteiger partial charge >= 0.3 is 0 Å². The van der Waals surface area contributed by atoms with E-state index in [-0.39, 0.29) is 29.1 Å². The van der Waals surface area contributed by atoms with Crippen molar-refractivity contribution in [3.8, 4) is 11.5 Å². The zero-order valence-electron chi connectivity index (χ0n) is 17.9. The molecule has 2 atom stereocenters. The minimum absolute atomic E-state index is 0.0107. The van der Waals surface area contributed by atoms with E-state index in [9.17, 15) is 14.4 Å². The molecule has 164 valence electrons. The number of hydrogen-bond donors (Lipinski definition) is 1. The smallest absolute Gasteiger partial charge is 0.246 e. The average molecular weight is 436 g/mol. The molecular formula is C21H29N3O5S. The normalized spacial score (nSPS) is 22.6. The molecule has 2 aliphatic heterocycles. The van der Waals surface area contributed by atoms with Crippen LogP contribution in [0.4, 0.5) is 5.69 Å². The lowest BCUT2D eigenvalue weighted by atomic mass is 10.2. The number of rotatable bonds is 8. The van der Waals surface area contributed by atoms with Gasteiger partial charge < -0.3 is 24.6 Å². The highest BCUT2D eigenvalue weighted by molar-refractivity contribution is 8.01. The summed E-state index contributed by atoms with van der Waals surface area (Å²) in [5.41, 5.74) is 0.562. The molecule has 1 aromatic rings. The van der Waals surface area contributed by atoms with Gasteiger partial charge in [0.15, 0.2) is 11.5 Å². The van der Waals surface area contributed by atoms with Gasteiger partial charge in [-0.2, -0.15) is 0 Å². The number of anilines is 1. The number of ether oxygens (including phenoxy) is 2. The van der Waals surface area contributed by atoms with Gasteiger partial charge in [-0.25, -0.2) is 0 Å². The Morgan fingerprint density at radius 3 is 2.67 bits per heavy atom. The molecule has 2 aliphatic rings. The van der Waals surface area contributed by atoms with E-state index >= 15 is 0 Å². The summed E-state index contributed by atoms with van der Waals surface area (Å²) in [6, 6.07) is 4.67. The Hall–Kier alpha value is -2.42. The fourth-order valence-corrected chi connectivity index (χ4v) is 5.30. The van der Waals surface area contributed by atoms with Gasteiger partial charge in [0, 0.05) is 31.0 Å². The first-order valence-corrected chi connectivity index (χ1v) is 11.2. The molecule has 0 aromatic heterocycles. The first-order chi connectivity index (χ1) is 14.3. The van der Waals surface area contributed by atoms with Crippen molar-refractivity contribution >= 4 is 35.2 Å². The monoisotopic (exact) mass is 435 g/mol. The molecule has 0 aliphatic carbocycles. The first-order valence-electron chi connectivity index (χ1n) is 10.2. The van der Waals surface area contributed by atoms with Gasteiger partial charge in [0.05, 0.1) is 24.6 Å². The van der Waals surface area contributed by atoms with Crippen LogP contribution in [0.3, 0.4) is 0 Å². The van der Waals surface area contributed by atoms with Crippen LogP contribution in [0.1, 0.15) is 33.6 Å². The second-order valence-corrected chi connectivity index (χ2v) is 9.04. The van der Waals surface area contributed by atoms with Crippen molar-refractivity contribution in [2.75, 3.05) is 37.9 Å². The predicted octanol–water partition coefficient (Wildman–Crippen LogP) is 2.33. The Kier molecular flexibility index (Phi) is 6.80. The maximum atomic E-state index is 12.9. The van der Waals surface area contributed by atoms with Crippen LogP contribution in [0.15, 0.2) is 18.2 Å². The molecule has 1 aromatic carbocycles. The summed E-state index contributed by atoms with van der Waals surface area (Å²) in [4.78, 5) is 40.5. The van der Waals surface area contributed by atoms with Crippen LogP contribution in [-0.2, 0) is 14.4 Å². The van der Waals surface area contributed by atoms with Crippen molar-refractivity contribution in [2.45, 2.75) is 44.5 Å². The summed E-state index contributed by atoms with van der Waals surface area (Å²) in [7, 11) is 1.59. The molecule has 9 heteroatoms. The number of nitrogens with zero attached hydrogens (tertiary/aromatic N) is 2. The maximum Gasteiger partial charge on any atom is 0.246 e. The molecule has 0 saturated carbocycles. The van der Waals surface area contributed by atoms with Crippen LogP contribution < -0.4 is 14.8 Å². The number of hydrogen-bond acceptors (Lipinski definition) is 6. The van der Waals surface area contributed by atoms with Crippen LogP contribution in [0.25, 0.3) is 0 Å². The molecule has 3 rings (SSSR count). The van der Waals surface area contributed by atoms with Crippen LogP contribution in [0.5, 0.6) is 11.5 Å². The van der Waals surface area contributed by atoms with E-state index in [1.54, 1.807) is 41.9 Å². The maximum absolute atomic E-state index is 12.9. The van der Waals surface area contributed by atoms with Crippen molar-refractivity contribution in [3.05, 3.63) is 18.2 Å². The Labute approximate surface area is 181 Å². The zero-order valence-corrected chi connectivity index (χ0v) is 18.7.